The van der Waals surface area contributed by atoms with Crippen molar-refractivity contribution in [2.45, 2.75) is 0 Å². The van der Waals surface area contributed by atoms with E-state index >= 15 is 0 Å². The fourth-order valence-corrected chi connectivity index (χ4v) is 7.01. The van der Waals surface area contributed by atoms with Crippen molar-refractivity contribution in [2.24, 2.45) is 0 Å². The van der Waals surface area contributed by atoms with Gasteiger partial charge < -0.3 is 4.57 Å². The van der Waals surface area contributed by atoms with Crippen LogP contribution in [0.15, 0.2) is 140 Å². The Balaban J connectivity index is 1.56. The van der Waals surface area contributed by atoms with Crippen LogP contribution >= 0.6 is 0 Å². The van der Waals surface area contributed by atoms with Crippen LogP contribution in [0.5, 0.6) is 0 Å². The quantitative estimate of drug-likeness (QED) is 0.167. The summed E-state index contributed by atoms with van der Waals surface area (Å²) in [7, 11) is 0. The molecule has 0 unspecified atom stereocenters. The summed E-state index contributed by atoms with van der Waals surface area (Å²) < 4.78 is 2.53. The molecule has 0 saturated carbocycles. The van der Waals surface area contributed by atoms with Crippen molar-refractivity contribution in [1.29, 1.82) is 0 Å². The zero-order chi connectivity index (χ0) is 25.5. The minimum Gasteiger partial charge on any atom is -0.308 e. The maximum Gasteiger partial charge on any atom is 0.0619 e. The molecule has 0 fully saturated rings. The molecule has 0 bridgehead atoms. The van der Waals surface area contributed by atoms with Crippen LogP contribution in [0.3, 0.4) is 0 Å². The molecule has 39 heavy (non-hydrogen) atoms. The molecule has 0 aliphatic heterocycles. The van der Waals surface area contributed by atoms with Crippen LogP contribution in [-0.2, 0) is 0 Å². The third-order valence-corrected chi connectivity index (χ3v) is 8.51. The van der Waals surface area contributed by atoms with E-state index in [4.69, 9.17) is 0 Å². The average molecular weight is 494 g/mol. The summed E-state index contributed by atoms with van der Waals surface area (Å²) in [6.45, 7) is 0. The zero-order valence-corrected chi connectivity index (χ0v) is 21.2. The largest absolute Gasteiger partial charge is 0.308 e. The van der Waals surface area contributed by atoms with Gasteiger partial charge in [0.2, 0.25) is 0 Å². The van der Waals surface area contributed by atoms with E-state index in [9.17, 15) is 0 Å². The van der Waals surface area contributed by atoms with Gasteiger partial charge in [-0.25, -0.2) is 0 Å². The van der Waals surface area contributed by atoms with Gasteiger partial charge >= 0.3 is 0 Å². The van der Waals surface area contributed by atoms with E-state index < -0.39 is 0 Å². The highest BCUT2D eigenvalue weighted by molar-refractivity contribution is 6.35. The van der Waals surface area contributed by atoms with E-state index in [2.05, 4.69) is 144 Å². The molecule has 0 spiro atoms. The topological polar surface area (TPSA) is 4.93 Å². The van der Waals surface area contributed by atoms with Crippen molar-refractivity contribution in [3.05, 3.63) is 140 Å². The number of hydrogen-bond acceptors (Lipinski definition) is 0. The third-order valence-electron chi connectivity index (χ3n) is 8.51. The van der Waals surface area contributed by atoms with Crippen molar-refractivity contribution in [3.8, 4) is 16.8 Å². The van der Waals surface area contributed by atoms with Gasteiger partial charge in [-0.15, -0.1) is 0 Å². The van der Waals surface area contributed by atoms with E-state index in [-0.39, 0.29) is 0 Å². The van der Waals surface area contributed by atoms with Crippen LogP contribution in [0.25, 0.3) is 81.7 Å². The SMILES string of the molecule is c1ccc(-c2c3ccccc3c(-n3c4cccc5c6ccccc6c6cccc3c6c54)c3ccccc23)cc1. The molecule has 1 nitrogen and oxygen atoms in total. The second kappa shape index (κ2) is 7.69. The summed E-state index contributed by atoms with van der Waals surface area (Å²) >= 11 is 0. The maximum atomic E-state index is 2.53. The predicted molar refractivity (Wildman–Crippen MR) is 167 cm³/mol. The normalized spacial score (nSPS) is 12.1. The molecule has 9 rings (SSSR count). The van der Waals surface area contributed by atoms with Crippen LogP contribution in [-0.4, -0.2) is 4.57 Å². The number of benzene rings is 8. The van der Waals surface area contributed by atoms with Crippen molar-refractivity contribution in [1.82, 2.24) is 4.57 Å². The van der Waals surface area contributed by atoms with Gasteiger partial charge in [0.15, 0.2) is 0 Å². The standard InChI is InChI=1S/C38H23N/c1-2-12-24(13-3-1)35-29-16-6-8-18-31(29)38(32-19-9-7-17-30(32)35)39-33-22-10-20-27-25-14-4-5-15-26(25)28-21-11-23-34(39)37(28)36(27)33/h1-23H. The Bertz CT molecular complexity index is 2230. The number of rotatable bonds is 2. The van der Waals surface area contributed by atoms with E-state index in [1.807, 2.05) is 0 Å². The van der Waals surface area contributed by atoms with Gasteiger partial charge in [-0.2, -0.15) is 0 Å². The lowest BCUT2D eigenvalue weighted by Gasteiger charge is -2.19. The van der Waals surface area contributed by atoms with Gasteiger partial charge in [-0.05, 0) is 55.6 Å². The van der Waals surface area contributed by atoms with Gasteiger partial charge in [0.25, 0.3) is 0 Å². The van der Waals surface area contributed by atoms with Crippen LogP contribution in [0.2, 0.25) is 0 Å². The third kappa shape index (κ3) is 2.69. The first-order valence-electron chi connectivity index (χ1n) is 13.6. The lowest BCUT2D eigenvalue weighted by atomic mass is 9.90. The highest BCUT2D eigenvalue weighted by Gasteiger charge is 2.23. The summed E-state index contributed by atoms with van der Waals surface area (Å²) in [4.78, 5) is 0. The molecule has 0 saturated heterocycles. The molecule has 0 aliphatic carbocycles. The second-order valence-electron chi connectivity index (χ2n) is 10.5. The smallest absolute Gasteiger partial charge is 0.0619 e. The first-order chi connectivity index (χ1) is 19.4. The van der Waals surface area contributed by atoms with Crippen molar-refractivity contribution < 1.29 is 0 Å². The zero-order valence-electron chi connectivity index (χ0n) is 21.2. The molecule has 8 aromatic carbocycles. The van der Waals surface area contributed by atoms with Crippen LogP contribution in [0.4, 0.5) is 0 Å². The number of hydrogen-bond donors (Lipinski definition) is 0. The Morgan fingerprint density at radius 2 is 0.718 bits per heavy atom. The highest BCUT2D eigenvalue weighted by atomic mass is 15.0. The molecule has 1 heteroatoms. The average Bonchev–Trinajstić information content (AvgIpc) is 3.34. The molecular formula is C38H23N. The Morgan fingerprint density at radius 3 is 1.23 bits per heavy atom. The maximum absolute atomic E-state index is 2.53. The van der Waals surface area contributed by atoms with Gasteiger partial charge in [-0.3, -0.25) is 0 Å². The predicted octanol–water partition coefficient (Wildman–Crippen LogP) is 10.5. The lowest BCUT2D eigenvalue weighted by Crippen LogP contribution is -1.99. The van der Waals surface area contributed by atoms with E-state index in [1.54, 1.807) is 0 Å². The van der Waals surface area contributed by atoms with Crippen LogP contribution in [0.1, 0.15) is 0 Å². The molecule has 0 amide bonds. The Hall–Kier alpha value is -5.14. The molecule has 9 aromatic rings. The molecule has 1 aromatic heterocycles. The first-order valence-corrected chi connectivity index (χ1v) is 13.6. The van der Waals surface area contributed by atoms with Crippen molar-refractivity contribution >= 4 is 64.9 Å². The second-order valence-corrected chi connectivity index (χ2v) is 10.5. The van der Waals surface area contributed by atoms with Gasteiger partial charge in [0.05, 0.1) is 16.7 Å². The number of fused-ring (bicyclic) bond motifs is 5. The molecule has 1 heterocycles. The minimum atomic E-state index is 1.25. The first kappa shape index (κ1) is 20.9. The summed E-state index contributed by atoms with van der Waals surface area (Å²) in [5.74, 6) is 0. The van der Waals surface area contributed by atoms with E-state index in [1.165, 1.54) is 81.7 Å². The lowest BCUT2D eigenvalue weighted by molar-refractivity contribution is 1.22. The molecule has 180 valence electrons. The van der Waals surface area contributed by atoms with Crippen LogP contribution < -0.4 is 0 Å². The number of nitrogens with zero attached hydrogens (tertiary/aromatic N) is 1. The van der Waals surface area contributed by atoms with Gasteiger partial charge in [-0.1, -0.05) is 127 Å². The fourth-order valence-electron chi connectivity index (χ4n) is 7.01. The van der Waals surface area contributed by atoms with E-state index in [0.29, 0.717) is 0 Å². The number of aromatic nitrogens is 1. The van der Waals surface area contributed by atoms with Crippen molar-refractivity contribution in [2.75, 3.05) is 0 Å². The minimum absolute atomic E-state index is 1.25. The Kier molecular flexibility index (Phi) is 4.11. The van der Waals surface area contributed by atoms with Crippen LogP contribution in [0, 0.1) is 0 Å². The summed E-state index contributed by atoms with van der Waals surface area (Å²) in [5, 5.41) is 13.0. The van der Waals surface area contributed by atoms with Crippen molar-refractivity contribution in [3.63, 3.8) is 0 Å². The molecule has 0 radical (unpaired) electrons. The molecule has 0 N–H and O–H groups in total. The Morgan fingerprint density at radius 1 is 0.308 bits per heavy atom. The van der Waals surface area contributed by atoms with Gasteiger partial charge in [0, 0.05) is 21.5 Å². The summed E-state index contributed by atoms with van der Waals surface area (Å²) in [6.07, 6.45) is 0. The Labute approximate surface area is 225 Å². The summed E-state index contributed by atoms with van der Waals surface area (Å²) in [5.41, 5.74) is 6.31. The van der Waals surface area contributed by atoms with E-state index in [0.717, 1.165) is 0 Å². The monoisotopic (exact) mass is 493 g/mol. The fraction of sp³-hybridized carbons (Fsp3) is 0. The highest BCUT2D eigenvalue weighted by Crippen LogP contribution is 2.47. The summed E-state index contributed by atoms with van der Waals surface area (Å²) in [6, 6.07) is 51.1. The van der Waals surface area contributed by atoms with Gasteiger partial charge in [0.1, 0.15) is 0 Å². The molecular weight excluding hydrogens is 470 g/mol. The molecule has 0 aliphatic rings. The molecule has 0 atom stereocenters.